The van der Waals surface area contributed by atoms with Gasteiger partial charge in [0.05, 0.1) is 29.3 Å². The Labute approximate surface area is 163 Å². The highest BCUT2D eigenvalue weighted by atomic mass is 32.1. The molecule has 0 spiro atoms. The van der Waals surface area contributed by atoms with Crippen molar-refractivity contribution in [3.05, 3.63) is 58.6 Å². The molecule has 0 N–H and O–H groups in total. The summed E-state index contributed by atoms with van der Waals surface area (Å²) in [5, 5.41) is 1.05. The van der Waals surface area contributed by atoms with E-state index in [4.69, 9.17) is 9.72 Å². The molecule has 1 aliphatic heterocycles. The minimum absolute atomic E-state index is 0.107. The van der Waals surface area contributed by atoms with Crippen molar-refractivity contribution in [2.75, 3.05) is 13.2 Å². The summed E-state index contributed by atoms with van der Waals surface area (Å²) in [5.41, 5.74) is 3.29. The van der Waals surface area contributed by atoms with Crippen molar-refractivity contribution in [3.63, 3.8) is 0 Å². The summed E-state index contributed by atoms with van der Waals surface area (Å²) in [6.07, 6.45) is 2.42. The van der Waals surface area contributed by atoms with E-state index in [0.717, 1.165) is 46.8 Å². The molecule has 1 aliphatic rings. The summed E-state index contributed by atoms with van der Waals surface area (Å²) in [6, 6.07) is 14.4. The molecule has 1 atom stereocenters. The second-order valence-electron chi connectivity index (χ2n) is 7.13. The molecule has 0 bridgehead atoms. The molecule has 0 radical (unpaired) electrons. The highest BCUT2D eigenvalue weighted by Gasteiger charge is 2.31. The van der Waals surface area contributed by atoms with Crippen LogP contribution in [0.4, 0.5) is 0 Å². The zero-order valence-corrected chi connectivity index (χ0v) is 16.6. The lowest BCUT2D eigenvalue weighted by atomic mass is 10.1. The van der Waals surface area contributed by atoms with Gasteiger partial charge in [-0.1, -0.05) is 24.3 Å². The van der Waals surface area contributed by atoms with Gasteiger partial charge in [0.2, 0.25) is 5.91 Å². The molecule has 1 unspecified atom stereocenters. The second kappa shape index (κ2) is 7.69. The number of aromatic nitrogens is 1. The first-order chi connectivity index (χ1) is 13.1. The van der Waals surface area contributed by atoms with Gasteiger partial charge < -0.3 is 9.64 Å². The molecule has 5 heteroatoms. The summed E-state index contributed by atoms with van der Waals surface area (Å²) in [6.45, 7) is 5.29. The van der Waals surface area contributed by atoms with E-state index in [0.29, 0.717) is 13.0 Å². The Bertz CT molecular complexity index is 933. The van der Waals surface area contributed by atoms with Gasteiger partial charge in [0, 0.05) is 6.54 Å². The summed E-state index contributed by atoms with van der Waals surface area (Å²) in [4.78, 5) is 19.6. The first-order valence-corrected chi connectivity index (χ1v) is 10.3. The highest BCUT2D eigenvalue weighted by molar-refractivity contribution is 7.18. The third kappa shape index (κ3) is 3.83. The van der Waals surface area contributed by atoms with E-state index in [2.05, 4.69) is 18.2 Å². The average Bonchev–Trinajstić information content (AvgIpc) is 3.30. The van der Waals surface area contributed by atoms with Crippen LogP contribution in [0, 0.1) is 13.8 Å². The number of aryl methyl sites for hydroxylation is 2. The van der Waals surface area contributed by atoms with Crippen molar-refractivity contribution < 1.29 is 9.53 Å². The molecule has 2 heterocycles. The number of hydrogen-bond acceptors (Lipinski definition) is 4. The third-order valence-electron chi connectivity index (χ3n) is 5.09. The molecule has 4 nitrogen and oxygen atoms in total. The Morgan fingerprint density at radius 3 is 2.96 bits per heavy atom. The minimum Gasteiger partial charge on any atom is -0.493 e. The minimum atomic E-state index is 0.107. The SMILES string of the molecule is Cc1ccc(C)c(OCCC(=O)N2CCCC2c2nc3ccccc3s2)c1. The number of ether oxygens (including phenoxy) is 1. The Balaban J connectivity index is 1.41. The summed E-state index contributed by atoms with van der Waals surface area (Å²) in [5.74, 6) is 1.02. The molecule has 0 aliphatic carbocycles. The largest absolute Gasteiger partial charge is 0.493 e. The van der Waals surface area contributed by atoms with E-state index in [-0.39, 0.29) is 11.9 Å². The number of fused-ring (bicyclic) bond motifs is 1. The van der Waals surface area contributed by atoms with Crippen molar-refractivity contribution in [2.24, 2.45) is 0 Å². The number of carbonyl (C=O) groups is 1. The predicted octanol–water partition coefficient (Wildman–Crippen LogP) is 5.05. The van der Waals surface area contributed by atoms with Crippen LogP contribution in [0.5, 0.6) is 5.75 Å². The zero-order valence-electron chi connectivity index (χ0n) is 15.8. The van der Waals surface area contributed by atoms with Crippen LogP contribution in [0.15, 0.2) is 42.5 Å². The predicted molar refractivity (Wildman–Crippen MR) is 109 cm³/mol. The van der Waals surface area contributed by atoms with Gasteiger partial charge in [0.25, 0.3) is 0 Å². The number of benzene rings is 2. The lowest BCUT2D eigenvalue weighted by Gasteiger charge is -2.23. The van der Waals surface area contributed by atoms with Crippen molar-refractivity contribution in [3.8, 4) is 5.75 Å². The molecular weight excluding hydrogens is 356 g/mol. The number of carbonyl (C=O) groups excluding carboxylic acids is 1. The Morgan fingerprint density at radius 1 is 1.26 bits per heavy atom. The molecule has 3 aromatic rings. The van der Waals surface area contributed by atoms with Gasteiger partial charge in [0.15, 0.2) is 0 Å². The molecular formula is C22H24N2O2S. The van der Waals surface area contributed by atoms with E-state index in [1.54, 1.807) is 11.3 Å². The standard InChI is InChI=1S/C22H24N2O2S/c1-15-9-10-16(2)19(14-15)26-13-11-21(25)24-12-5-7-18(24)22-23-17-6-3-4-8-20(17)27-22/h3-4,6,8-10,14,18H,5,7,11-13H2,1-2H3. The molecule has 140 valence electrons. The van der Waals surface area contributed by atoms with Crippen LogP contribution < -0.4 is 4.74 Å². The van der Waals surface area contributed by atoms with Gasteiger partial charge in [0.1, 0.15) is 10.8 Å². The number of para-hydroxylation sites is 1. The highest BCUT2D eigenvalue weighted by Crippen LogP contribution is 2.36. The van der Waals surface area contributed by atoms with Gasteiger partial charge in [-0.05, 0) is 56.0 Å². The van der Waals surface area contributed by atoms with Gasteiger partial charge in [-0.15, -0.1) is 11.3 Å². The van der Waals surface area contributed by atoms with Gasteiger partial charge in [-0.3, -0.25) is 4.79 Å². The van der Waals surface area contributed by atoms with E-state index < -0.39 is 0 Å². The van der Waals surface area contributed by atoms with Gasteiger partial charge in [-0.2, -0.15) is 0 Å². The maximum Gasteiger partial charge on any atom is 0.226 e. The Morgan fingerprint density at radius 2 is 2.11 bits per heavy atom. The van der Waals surface area contributed by atoms with Gasteiger partial charge >= 0.3 is 0 Å². The van der Waals surface area contributed by atoms with Crippen LogP contribution in [0.1, 0.15) is 41.4 Å². The van der Waals surface area contributed by atoms with Crippen LogP contribution in [0.25, 0.3) is 10.2 Å². The van der Waals surface area contributed by atoms with E-state index in [1.165, 1.54) is 4.70 Å². The number of thiazole rings is 1. The molecule has 0 saturated carbocycles. The van der Waals surface area contributed by atoms with Crippen LogP contribution in [-0.2, 0) is 4.79 Å². The molecule has 1 fully saturated rings. The van der Waals surface area contributed by atoms with Crippen LogP contribution in [0.3, 0.4) is 0 Å². The molecule has 1 amide bonds. The molecule has 4 rings (SSSR count). The summed E-state index contributed by atoms with van der Waals surface area (Å²) >= 11 is 1.70. The molecule has 27 heavy (non-hydrogen) atoms. The number of hydrogen-bond donors (Lipinski definition) is 0. The number of amides is 1. The number of rotatable bonds is 5. The maximum atomic E-state index is 12.8. The smallest absolute Gasteiger partial charge is 0.226 e. The normalized spacial score (nSPS) is 16.8. The Hall–Kier alpha value is -2.40. The van der Waals surface area contributed by atoms with E-state index in [9.17, 15) is 4.79 Å². The second-order valence-corrected chi connectivity index (χ2v) is 8.19. The van der Waals surface area contributed by atoms with Crippen LogP contribution >= 0.6 is 11.3 Å². The van der Waals surface area contributed by atoms with Crippen molar-refractivity contribution in [1.82, 2.24) is 9.88 Å². The topological polar surface area (TPSA) is 42.4 Å². The molecule has 2 aromatic carbocycles. The van der Waals surface area contributed by atoms with Gasteiger partial charge in [-0.25, -0.2) is 4.98 Å². The summed E-state index contributed by atoms with van der Waals surface area (Å²) < 4.78 is 7.06. The third-order valence-corrected chi connectivity index (χ3v) is 6.22. The quantitative estimate of drug-likeness (QED) is 0.622. The maximum absolute atomic E-state index is 12.8. The van der Waals surface area contributed by atoms with Crippen molar-refractivity contribution in [1.29, 1.82) is 0 Å². The number of likely N-dealkylation sites (tertiary alicyclic amines) is 1. The van der Waals surface area contributed by atoms with Crippen molar-refractivity contribution in [2.45, 2.75) is 39.2 Å². The lowest BCUT2D eigenvalue weighted by Crippen LogP contribution is -2.31. The van der Waals surface area contributed by atoms with Crippen LogP contribution in [0.2, 0.25) is 0 Å². The zero-order chi connectivity index (χ0) is 18.8. The van der Waals surface area contributed by atoms with Crippen molar-refractivity contribution >= 4 is 27.5 Å². The molecule has 1 saturated heterocycles. The van der Waals surface area contributed by atoms with Crippen LogP contribution in [-0.4, -0.2) is 28.9 Å². The first kappa shape index (κ1) is 18.0. The van der Waals surface area contributed by atoms with E-state index in [1.807, 2.05) is 43.0 Å². The fraction of sp³-hybridized carbons (Fsp3) is 0.364. The monoisotopic (exact) mass is 380 g/mol. The summed E-state index contributed by atoms with van der Waals surface area (Å²) in [7, 11) is 0. The van der Waals surface area contributed by atoms with E-state index >= 15 is 0 Å². The average molecular weight is 381 g/mol. The fourth-order valence-electron chi connectivity index (χ4n) is 3.61. The molecule has 1 aromatic heterocycles. The Kier molecular flexibility index (Phi) is 5.12. The lowest BCUT2D eigenvalue weighted by molar-refractivity contribution is -0.132. The fourth-order valence-corrected chi connectivity index (χ4v) is 4.72. The number of nitrogens with zero attached hydrogens (tertiary/aromatic N) is 2. The first-order valence-electron chi connectivity index (χ1n) is 9.47.